The van der Waals surface area contributed by atoms with E-state index < -0.39 is 6.04 Å². The molecule has 1 unspecified atom stereocenters. The van der Waals surface area contributed by atoms with Crippen LogP contribution in [-0.4, -0.2) is 22.1 Å². The van der Waals surface area contributed by atoms with Crippen LogP contribution in [0, 0.1) is 5.82 Å². The number of rotatable bonds is 7. The van der Waals surface area contributed by atoms with Crippen molar-refractivity contribution in [2.24, 2.45) is 7.05 Å². The lowest BCUT2D eigenvalue weighted by atomic mass is 10.0. The van der Waals surface area contributed by atoms with E-state index in [2.05, 4.69) is 53.7 Å². The van der Waals surface area contributed by atoms with Crippen molar-refractivity contribution in [3.63, 3.8) is 0 Å². The quantitative estimate of drug-likeness (QED) is 0.627. The number of aromatic nitrogens is 2. The molecule has 0 fully saturated rings. The highest BCUT2D eigenvalue weighted by molar-refractivity contribution is 5.74. The molecule has 1 aromatic heterocycles. The molecule has 29 heavy (non-hydrogen) atoms. The summed E-state index contributed by atoms with van der Waals surface area (Å²) in [6.45, 7) is 4.81. The van der Waals surface area contributed by atoms with E-state index in [0.29, 0.717) is 23.9 Å². The number of hydrogen-bond acceptors (Lipinski definition) is 2. The van der Waals surface area contributed by atoms with E-state index in [4.69, 9.17) is 0 Å². The molecular formula is C23H27FN4O. The summed E-state index contributed by atoms with van der Waals surface area (Å²) in [7, 11) is 1.82. The maximum absolute atomic E-state index is 14.4. The van der Waals surface area contributed by atoms with E-state index in [-0.39, 0.29) is 11.8 Å². The van der Waals surface area contributed by atoms with Crippen LogP contribution in [0.2, 0.25) is 0 Å². The summed E-state index contributed by atoms with van der Waals surface area (Å²) < 4.78 is 16.1. The Morgan fingerprint density at radius 3 is 2.48 bits per heavy atom. The van der Waals surface area contributed by atoms with E-state index in [1.54, 1.807) is 35.2 Å². The molecule has 5 nitrogen and oxygen atoms in total. The summed E-state index contributed by atoms with van der Waals surface area (Å²) in [5.41, 5.74) is 2.83. The van der Waals surface area contributed by atoms with E-state index in [0.717, 1.165) is 12.0 Å². The molecule has 0 bridgehead atoms. The third-order valence-electron chi connectivity index (χ3n) is 4.95. The molecule has 0 aliphatic heterocycles. The van der Waals surface area contributed by atoms with Crippen molar-refractivity contribution >= 4 is 6.03 Å². The molecule has 2 amide bonds. The van der Waals surface area contributed by atoms with Gasteiger partial charge in [-0.05, 0) is 29.5 Å². The van der Waals surface area contributed by atoms with Crippen molar-refractivity contribution in [2.75, 3.05) is 6.54 Å². The van der Waals surface area contributed by atoms with Gasteiger partial charge in [0.1, 0.15) is 17.7 Å². The molecule has 0 aliphatic carbocycles. The van der Waals surface area contributed by atoms with Crippen molar-refractivity contribution in [3.8, 4) is 0 Å². The van der Waals surface area contributed by atoms with Crippen LogP contribution in [-0.2, 0) is 13.5 Å². The second-order valence-corrected chi connectivity index (χ2v) is 7.40. The third-order valence-corrected chi connectivity index (χ3v) is 4.95. The summed E-state index contributed by atoms with van der Waals surface area (Å²) in [6.07, 6.45) is 4.12. The van der Waals surface area contributed by atoms with Crippen molar-refractivity contribution in [2.45, 2.75) is 32.2 Å². The number of halogens is 1. The first-order valence-corrected chi connectivity index (χ1v) is 9.80. The number of imidazole rings is 1. The van der Waals surface area contributed by atoms with E-state index >= 15 is 0 Å². The molecule has 3 aromatic rings. The van der Waals surface area contributed by atoms with Crippen molar-refractivity contribution in [1.82, 2.24) is 20.2 Å². The summed E-state index contributed by atoms with van der Waals surface area (Å²) in [5.74, 6) is 0.676. The van der Waals surface area contributed by atoms with Crippen LogP contribution in [0.25, 0.3) is 0 Å². The maximum atomic E-state index is 14.4. The largest absolute Gasteiger partial charge is 0.338 e. The van der Waals surface area contributed by atoms with Crippen LogP contribution < -0.4 is 10.6 Å². The van der Waals surface area contributed by atoms with Crippen molar-refractivity contribution in [3.05, 3.63) is 89.3 Å². The molecular weight excluding hydrogens is 367 g/mol. The van der Waals surface area contributed by atoms with Crippen LogP contribution in [0.15, 0.2) is 60.9 Å². The standard InChI is InChI=1S/C23H27FN4O/c1-16(2)18-10-8-17(9-11-18)12-13-26-23(29)27-21(22-25-14-15-28(22)3)19-6-4-5-7-20(19)24/h4-11,14-16,21H,12-13H2,1-3H3,(H2,26,27,29). The zero-order valence-electron chi connectivity index (χ0n) is 17.0. The highest BCUT2D eigenvalue weighted by Gasteiger charge is 2.23. The van der Waals surface area contributed by atoms with Crippen LogP contribution in [0.1, 0.15) is 48.3 Å². The van der Waals surface area contributed by atoms with Gasteiger partial charge in [0.25, 0.3) is 0 Å². The number of aryl methyl sites for hydroxylation is 1. The van der Waals surface area contributed by atoms with Gasteiger partial charge in [-0.1, -0.05) is 56.3 Å². The zero-order valence-corrected chi connectivity index (χ0v) is 17.0. The molecule has 2 aromatic carbocycles. The summed E-state index contributed by atoms with van der Waals surface area (Å²) in [4.78, 5) is 16.8. The van der Waals surface area contributed by atoms with Crippen molar-refractivity contribution in [1.29, 1.82) is 0 Å². The van der Waals surface area contributed by atoms with Gasteiger partial charge in [0.15, 0.2) is 0 Å². The molecule has 2 N–H and O–H groups in total. The molecule has 0 spiro atoms. The lowest BCUT2D eigenvalue weighted by molar-refractivity contribution is 0.238. The van der Waals surface area contributed by atoms with Gasteiger partial charge in [0.2, 0.25) is 0 Å². The smallest absolute Gasteiger partial charge is 0.315 e. The predicted octanol–water partition coefficient (Wildman–Crippen LogP) is 4.31. The maximum Gasteiger partial charge on any atom is 0.315 e. The minimum atomic E-state index is -0.679. The summed E-state index contributed by atoms with van der Waals surface area (Å²) in [6, 6.07) is 13.8. The number of urea groups is 1. The lowest BCUT2D eigenvalue weighted by Gasteiger charge is -2.20. The second-order valence-electron chi connectivity index (χ2n) is 7.40. The Balaban J connectivity index is 1.63. The van der Waals surface area contributed by atoms with E-state index in [9.17, 15) is 9.18 Å². The Kier molecular flexibility index (Phi) is 6.65. The first kappa shape index (κ1) is 20.6. The number of carbonyl (C=O) groups excluding carboxylic acids is 1. The second kappa shape index (κ2) is 9.37. The highest BCUT2D eigenvalue weighted by atomic mass is 19.1. The van der Waals surface area contributed by atoms with Gasteiger partial charge in [0, 0.05) is 31.5 Å². The minimum Gasteiger partial charge on any atom is -0.338 e. The van der Waals surface area contributed by atoms with Crippen LogP contribution >= 0.6 is 0 Å². The Morgan fingerprint density at radius 1 is 1.14 bits per heavy atom. The number of amides is 2. The fourth-order valence-corrected chi connectivity index (χ4v) is 3.22. The number of nitrogens with one attached hydrogen (secondary N) is 2. The van der Waals surface area contributed by atoms with Crippen LogP contribution in [0.5, 0.6) is 0 Å². The third kappa shape index (κ3) is 5.22. The van der Waals surface area contributed by atoms with Crippen LogP contribution in [0.3, 0.4) is 0 Å². The Bertz CT molecular complexity index is 950. The fourth-order valence-electron chi connectivity index (χ4n) is 3.22. The fraction of sp³-hybridized carbons (Fsp3) is 0.304. The SMILES string of the molecule is CC(C)c1ccc(CCNC(=O)NC(c2ccccc2F)c2nccn2C)cc1. The molecule has 1 atom stereocenters. The summed E-state index contributed by atoms with van der Waals surface area (Å²) >= 11 is 0. The van der Waals surface area contributed by atoms with Crippen molar-refractivity contribution < 1.29 is 9.18 Å². The minimum absolute atomic E-state index is 0.361. The Hall–Kier alpha value is -3.15. The summed E-state index contributed by atoms with van der Waals surface area (Å²) in [5, 5.41) is 5.71. The monoisotopic (exact) mass is 394 g/mol. The first-order valence-electron chi connectivity index (χ1n) is 9.80. The number of nitrogens with zero attached hydrogens (tertiary/aromatic N) is 2. The molecule has 3 rings (SSSR count). The molecule has 0 saturated carbocycles. The first-order chi connectivity index (χ1) is 14.0. The van der Waals surface area contributed by atoms with Gasteiger partial charge < -0.3 is 15.2 Å². The topological polar surface area (TPSA) is 59.0 Å². The Morgan fingerprint density at radius 2 is 1.86 bits per heavy atom. The zero-order chi connectivity index (χ0) is 20.8. The number of hydrogen-bond donors (Lipinski definition) is 2. The predicted molar refractivity (Wildman–Crippen MR) is 112 cm³/mol. The van der Waals surface area contributed by atoms with Gasteiger partial charge in [-0.2, -0.15) is 0 Å². The average molecular weight is 394 g/mol. The van der Waals surface area contributed by atoms with Gasteiger partial charge in [-0.25, -0.2) is 14.2 Å². The Labute approximate surface area is 171 Å². The van der Waals surface area contributed by atoms with Gasteiger partial charge in [-0.15, -0.1) is 0 Å². The highest BCUT2D eigenvalue weighted by Crippen LogP contribution is 2.23. The molecule has 152 valence electrons. The number of benzene rings is 2. The van der Waals surface area contributed by atoms with Gasteiger partial charge in [-0.3, -0.25) is 0 Å². The molecule has 0 aliphatic rings. The average Bonchev–Trinajstić information content (AvgIpc) is 3.13. The molecule has 0 saturated heterocycles. The van der Waals surface area contributed by atoms with Gasteiger partial charge >= 0.3 is 6.03 Å². The molecule has 0 radical (unpaired) electrons. The van der Waals surface area contributed by atoms with Crippen LogP contribution in [0.4, 0.5) is 9.18 Å². The van der Waals surface area contributed by atoms with E-state index in [1.165, 1.54) is 11.6 Å². The lowest BCUT2D eigenvalue weighted by Crippen LogP contribution is -2.40. The molecule has 6 heteroatoms. The molecule has 1 heterocycles. The normalized spacial score (nSPS) is 12.0. The number of carbonyl (C=O) groups is 1. The van der Waals surface area contributed by atoms with E-state index in [1.807, 2.05) is 7.05 Å². The van der Waals surface area contributed by atoms with Gasteiger partial charge in [0.05, 0.1) is 0 Å².